The van der Waals surface area contributed by atoms with Gasteiger partial charge in [-0.05, 0) is 18.9 Å². The van der Waals surface area contributed by atoms with Crippen LogP contribution in [-0.2, 0) is 20.1 Å². The van der Waals surface area contributed by atoms with Crippen LogP contribution < -0.4 is 10.2 Å². The van der Waals surface area contributed by atoms with E-state index in [0.29, 0.717) is 6.04 Å². The van der Waals surface area contributed by atoms with Crippen molar-refractivity contribution >= 4 is 5.82 Å². The summed E-state index contributed by atoms with van der Waals surface area (Å²) in [4.78, 5) is 11.4. The summed E-state index contributed by atoms with van der Waals surface area (Å²) in [6, 6.07) is 4.83. The molecule has 0 unspecified atom stereocenters. The van der Waals surface area contributed by atoms with Crippen molar-refractivity contribution < 1.29 is 0 Å². The average molecular weight is 313 g/mol. The zero-order chi connectivity index (χ0) is 16.1. The molecule has 124 valence electrons. The monoisotopic (exact) mass is 313 g/mol. The lowest BCUT2D eigenvalue weighted by Crippen LogP contribution is -2.35. The molecule has 0 radical (unpaired) electrons. The first kappa shape index (κ1) is 16.0. The summed E-state index contributed by atoms with van der Waals surface area (Å²) in [5, 5.41) is 3.49. The predicted octanol–water partition coefficient (Wildman–Crippen LogP) is 2.87. The van der Waals surface area contributed by atoms with Gasteiger partial charge >= 0.3 is 0 Å². The largest absolute Gasteiger partial charge is 0.356 e. The summed E-state index contributed by atoms with van der Waals surface area (Å²) < 4.78 is 2.05. The highest BCUT2D eigenvalue weighted by Gasteiger charge is 2.20. The summed E-state index contributed by atoms with van der Waals surface area (Å²) in [6.45, 7) is 1.58. The van der Waals surface area contributed by atoms with Crippen LogP contribution in [0.4, 0.5) is 5.82 Å². The van der Waals surface area contributed by atoms with E-state index in [1.165, 1.54) is 37.7 Å². The van der Waals surface area contributed by atoms with Crippen LogP contribution in [0.15, 0.2) is 30.7 Å². The van der Waals surface area contributed by atoms with Crippen LogP contribution in [0.25, 0.3) is 0 Å². The van der Waals surface area contributed by atoms with Crippen LogP contribution in [0, 0.1) is 0 Å². The van der Waals surface area contributed by atoms with Crippen molar-refractivity contribution in [2.24, 2.45) is 7.05 Å². The number of anilines is 1. The molecule has 0 saturated heterocycles. The lowest BCUT2D eigenvalue weighted by atomic mass is 9.94. The summed E-state index contributed by atoms with van der Waals surface area (Å²) in [5.74, 6) is 2.17. The molecule has 1 fully saturated rings. The molecule has 0 bridgehead atoms. The molecule has 0 aliphatic heterocycles. The van der Waals surface area contributed by atoms with Gasteiger partial charge in [0.05, 0.1) is 6.54 Å². The van der Waals surface area contributed by atoms with Crippen molar-refractivity contribution in [3.63, 3.8) is 0 Å². The van der Waals surface area contributed by atoms with E-state index < -0.39 is 0 Å². The van der Waals surface area contributed by atoms with Crippen LogP contribution in [0.3, 0.4) is 0 Å². The van der Waals surface area contributed by atoms with Gasteiger partial charge in [0.25, 0.3) is 0 Å². The topological polar surface area (TPSA) is 46.0 Å². The van der Waals surface area contributed by atoms with E-state index in [1.54, 1.807) is 0 Å². The van der Waals surface area contributed by atoms with E-state index in [9.17, 15) is 0 Å². The van der Waals surface area contributed by atoms with E-state index >= 15 is 0 Å². The van der Waals surface area contributed by atoms with Gasteiger partial charge in [0, 0.05) is 50.8 Å². The number of pyridine rings is 1. The number of nitrogens with one attached hydrogen (secondary N) is 1. The molecule has 5 nitrogen and oxygen atoms in total. The van der Waals surface area contributed by atoms with Gasteiger partial charge in [-0.1, -0.05) is 25.3 Å². The molecule has 2 aromatic heterocycles. The molecule has 1 aliphatic carbocycles. The first-order chi connectivity index (χ1) is 11.3. The molecule has 1 N–H and O–H groups in total. The fraction of sp³-hybridized carbons (Fsp3) is 0.556. The Hall–Kier alpha value is -1.88. The van der Waals surface area contributed by atoms with Crippen LogP contribution >= 0.6 is 0 Å². The number of hydrogen-bond acceptors (Lipinski definition) is 4. The Balaban J connectivity index is 1.64. The number of aromatic nitrogens is 3. The minimum atomic E-state index is 0.631. The molecule has 1 saturated carbocycles. The average Bonchev–Trinajstić information content (AvgIpc) is 3.01. The molecular formula is C18H27N5. The summed E-state index contributed by atoms with van der Waals surface area (Å²) in [5.41, 5.74) is 1.26. The normalized spacial score (nSPS) is 15.7. The third-order valence-corrected chi connectivity index (χ3v) is 4.84. The Morgan fingerprint density at radius 3 is 2.74 bits per heavy atom. The Bertz CT molecular complexity index is 615. The smallest absolute Gasteiger partial charge is 0.132 e. The first-order valence-electron chi connectivity index (χ1n) is 8.59. The molecule has 2 heterocycles. The molecule has 0 spiro atoms. The van der Waals surface area contributed by atoms with Crippen molar-refractivity contribution in [1.29, 1.82) is 0 Å². The minimum absolute atomic E-state index is 0.631. The molecule has 0 amide bonds. The predicted molar refractivity (Wildman–Crippen MR) is 93.3 cm³/mol. The first-order valence-corrected chi connectivity index (χ1v) is 8.59. The van der Waals surface area contributed by atoms with Gasteiger partial charge in [-0.2, -0.15) is 0 Å². The van der Waals surface area contributed by atoms with Gasteiger partial charge in [0.1, 0.15) is 11.6 Å². The van der Waals surface area contributed by atoms with Crippen molar-refractivity contribution in [2.45, 2.75) is 51.2 Å². The number of imidazole rings is 1. The summed E-state index contributed by atoms with van der Waals surface area (Å²) in [6.07, 6.45) is 12.3. The van der Waals surface area contributed by atoms with Gasteiger partial charge < -0.3 is 14.8 Å². The van der Waals surface area contributed by atoms with Gasteiger partial charge in [-0.15, -0.1) is 0 Å². The van der Waals surface area contributed by atoms with Crippen molar-refractivity contribution in [3.05, 3.63) is 42.1 Å². The molecule has 0 atom stereocenters. The zero-order valence-corrected chi connectivity index (χ0v) is 14.2. The lowest BCUT2D eigenvalue weighted by molar-refractivity contribution is 0.425. The molecule has 3 rings (SSSR count). The van der Waals surface area contributed by atoms with Crippen molar-refractivity contribution in [2.75, 3.05) is 11.9 Å². The fourth-order valence-corrected chi connectivity index (χ4v) is 3.40. The third-order valence-electron chi connectivity index (χ3n) is 4.84. The van der Waals surface area contributed by atoms with Crippen LogP contribution in [0.5, 0.6) is 0 Å². The number of aryl methyl sites for hydroxylation is 1. The van der Waals surface area contributed by atoms with E-state index in [1.807, 2.05) is 36.3 Å². The van der Waals surface area contributed by atoms with Gasteiger partial charge in [0.2, 0.25) is 0 Å². The number of hydrogen-bond donors (Lipinski definition) is 1. The standard InChI is InChI=1S/C18H27N5/c1-22-12-11-20-17(22)14-19-13-15-7-6-10-21-18(15)23(2)16-8-4-3-5-9-16/h6-7,10-12,16,19H,3-5,8-9,13-14H2,1-2H3. The second-order valence-electron chi connectivity index (χ2n) is 6.45. The maximum absolute atomic E-state index is 4.65. The Labute approximate surface area is 138 Å². The van der Waals surface area contributed by atoms with Crippen LogP contribution in [-0.4, -0.2) is 27.6 Å². The van der Waals surface area contributed by atoms with Crippen LogP contribution in [0.1, 0.15) is 43.5 Å². The fourth-order valence-electron chi connectivity index (χ4n) is 3.40. The molecule has 23 heavy (non-hydrogen) atoms. The van der Waals surface area contributed by atoms with E-state index in [2.05, 4.69) is 33.3 Å². The van der Waals surface area contributed by atoms with Gasteiger partial charge in [0.15, 0.2) is 0 Å². The van der Waals surface area contributed by atoms with Crippen molar-refractivity contribution in [3.8, 4) is 0 Å². The highest BCUT2D eigenvalue weighted by atomic mass is 15.2. The second kappa shape index (κ2) is 7.59. The van der Waals surface area contributed by atoms with Gasteiger partial charge in [-0.3, -0.25) is 0 Å². The Morgan fingerprint density at radius 1 is 1.17 bits per heavy atom. The molecule has 2 aromatic rings. The third kappa shape index (κ3) is 3.91. The quantitative estimate of drug-likeness (QED) is 0.891. The Morgan fingerprint density at radius 2 is 2.00 bits per heavy atom. The second-order valence-corrected chi connectivity index (χ2v) is 6.45. The summed E-state index contributed by atoms with van der Waals surface area (Å²) >= 11 is 0. The zero-order valence-electron chi connectivity index (χ0n) is 14.2. The SMILES string of the molecule is CN(c1ncccc1CNCc1nccn1C)C1CCCCC1. The maximum Gasteiger partial charge on any atom is 0.132 e. The summed E-state index contributed by atoms with van der Waals surface area (Å²) in [7, 11) is 4.22. The van der Waals surface area contributed by atoms with Crippen LogP contribution in [0.2, 0.25) is 0 Å². The van der Waals surface area contributed by atoms with Crippen molar-refractivity contribution in [1.82, 2.24) is 19.9 Å². The molecular weight excluding hydrogens is 286 g/mol. The minimum Gasteiger partial charge on any atom is -0.356 e. The lowest BCUT2D eigenvalue weighted by Gasteiger charge is -2.33. The highest BCUT2D eigenvalue weighted by Crippen LogP contribution is 2.26. The maximum atomic E-state index is 4.65. The molecule has 0 aromatic carbocycles. The Kier molecular flexibility index (Phi) is 5.28. The molecule has 5 heteroatoms. The van der Waals surface area contributed by atoms with E-state index in [-0.39, 0.29) is 0 Å². The highest BCUT2D eigenvalue weighted by molar-refractivity contribution is 5.47. The number of rotatable bonds is 6. The van der Waals surface area contributed by atoms with E-state index in [4.69, 9.17) is 0 Å². The van der Waals surface area contributed by atoms with E-state index in [0.717, 1.165) is 24.7 Å². The molecule has 1 aliphatic rings. The number of nitrogens with zero attached hydrogens (tertiary/aromatic N) is 4. The van der Waals surface area contributed by atoms with Gasteiger partial charge in [-0.25, -0.2) is 9.97 Å².